The molecule has 0 spiro atoms. The Morgan fingerprint density at radius 3 is 2.74 bits per heavy atom. The molecular formula is C20H23Cl2N5O4. The van der Waals surface area contributed by atoms with E-state index in [9.17, 15) is 9.90 Å². The number of halogens is 2. The number of hydrogen-bond acceptors (Lipinski definition) is 8. The van der Waals surface area contributed by atoms with E-state index in [0.717, 1.165) is 6.42 Å². The number of aromatic amines is 1. The summed E-state index contributed by atoms with van der Waals surface area (Å²) >= 11 is 6.44. The molecule has 11 heteroatoms. The lowest BCUT2D eigenvalue weighted by Gasteiger charge is -2.13. The van der Waals surface area contributed by atoms with E-state index >= 15 is 0 Å². The van der Waals surface area contributed by atoms with Crippen molar-refractivity contribution >= 4 is 41.0 Å². The molecule has 9 nitrogen and oxygen atoms in total. The van der Waals surface area contributed by atoms with Gasteiger partial charge in [-0.1, -0.05) is 11.6 Å². The van der Waals surface area contributed by atoms with E-state index < -0.39 is 0 Å². The zero-order valence-electron chi connectivity index (χ0n) is 16.9. The highest BCUT2D eigenvalue weighted by Gasteiger charge is 2.24. The lowest BCUT2D eigenvalue weighted by atomic mass is 10.1. The van der Waals surface area contributed by atoms with Crippen molar-refractivity contribution in [2.45, 2.75) is 18.5 Å². The summed E-state index contributed by atoms with van der Waals surface area (Å²) in [7, 11) is 3.03. The summed E-state index contributed by atoms with van der Waals surface area (Å²) in [5, 5.41) is 16.7. The van der Waals surface area contributed by atoms with Crippen LogP contribution in [0.2, 0.25) is 5.02 Å². The van der Waals surface area contributed by atoms with Gasteiger partial charge in [-0.3, -0.25) is 4.79 Å². The van der Waals surface area contributed by atoms with E-state index in [0.29, 0.717) is 51.2 Å². The Labute approximate surface area is 189 Å². The smallest absolute Gasteiger partial charge is 0.257 e. The molecule has 2 aromatic heterocycles. The van der Waals surface area contributed by atoms with E-state index in [1.165, 1.54) is 14.2 Å². The van der Waals surface area contributed by atoms with Gasteiger partial charge in [0, 0.05) is 47.4 Å². The number of methoxy groups -OCH3 is 2. The summed E-state index contributed by atoms with van der Waals surface area (Å²) in [5.41, 5.74) is 0.925. The molecule has 0 saturated carbocycles. The maximum absolute atomic E-state index is 12.8. The lowest BCUT2D eigenvalue weighted by molar-refractivity contribution is 0.254. The molecule has 166 valence electrons. The Morgan fingerprint density at radius 2 is 2.06 bits per heavy atom. The number of aliphatic hydroxyl groups is 1. The van der Waals surface area contributed by atoms with Crippen molar-refractivity contribution in [2.24, 2.45) is 0 Å². The van der Waals surface area contributed by atoms with Crippen LogP contribution in [0, 0.1) is 0 Å². The van der Waals surface area contributed by atoms with Gasteiger partial charge in [0.1, 0.15) is 17.1 Å². The van der Waals surface area contributed by atoms with Gasteiger partial charge in [0.2, 0.25) is 5.95 Å². The molecular weight excluding hydrogens is 445 g/mol. The molecule has 3 aromatic rings. The highest BCUT2D eigenvalue weighted by molar-refractivity contribution is 6.35. The fourth-order valence-electron chi connectivity index (χ4n) is 3.55. The van der Waals surface area contributed by atoms with Crippen LogP contribution in [0.5, 0.6) is 11.5 Å². The van der Waals surface area contributed by atoms with Crippen LogP contribution < -0.4 is 25.7 Å². The van der Waals surface area contributed by atoms with Crippen LogP contribution >= 0.6 is 24.0 Å². The minimum atomic E-state index is -0.341. The fourth-order valence-corrected chi connectivity index (χ4v) is 3.84. The molecule has 0 bridgehead atoms. The van der Waals surface area contributed by atoms with Gasteiger partial charge < -0.3 is 30.2 Å². The monoisotopic (exact) mass is 467 g/mol. The SMILES string of the molecule is COc1cc(OC)c(Cl)c(-c2cc3cnc(N[C@@H]4CN[C@H](CO)C4)nc3[nH]c2=O)c1.Cl. The standard InChI is InChI=1S/C20H22ClN5O4.ClH/c1-29-13-5-14(17(21)16(6-13)30-2)15-3-10-7-23-20(26-18(10)25-19(15)28)24-11-4-12(9-27)22-8-11;/h3,5-7,11-12,22,27H,4,8-9H2,1-2H3,(H2,23,24,25,26,28);1H/t11-,12-;/m0./s1. The summed E-state index contributed by atoms with van der Waals surface area (Å²) in [6.45, 7) is 0.794. The van der Waals surface area contributed by atoms with E-state index in [1.807, 2.05) is 0 Å². The topological polar surface area (TPSA) is 121 Å². The van der Waals surface area contributed by atoms with Crippen LogP contribution in [-0.2, 0) is 0 Å². The number of nitrogens with one attached hydrogen (secondary N) is 3. The number of pyridine rings is 1. The number of nitrogens with zero attached hydrogens (tertiary/aromatic N) is 2. The van der Waals surface area contributed by atoms with Crippen LogP contribution in [0.3, 0.4) is 0 Å². The van der Waals surface area contributed by atoms with Gasteiger partial charge in [-0.25, -0.2) is 4.98 Å². The van der Waals surface area contributed by atoms with Crippen molar-refractivity contribution in [2.75, 3.05) is 32.7 Å². The van der Waals surface area contributed by atoms with E-state index in [-0.39, 0.29) is 36.7 Å². The fraction of sp³-hybridized carbons (Fsp3) is 0.350. The summed E-state index contributed by atoms with van der Waals surface area (Å²) in [4.78, 5) is 24.4. The number of hydrogen-bond donors (Lipinski definition) is 4. The first kappa shape index (κ1) is 23.1. The Hall–Kier alpha value is -2.59. The molecule has 4 N–H and O–H groups in total. The van der Waals surface area contributed by atoms with Crippen molar-refractivity contribution in [1.29, 1.82) is 0 Å². The number of rotatable bonds is 6. The van der Waals surface area contributed by atoms with Gasteiger partial charge in [-0.05, 0) is 18.6 Å². The van der Waals surface area contributed by atoms with E-state index in [1.54, 1.807) is 24.4 Å². The molecule has 0 radical (unpaired) electrons. The Bertz CT molecular complexity index is 1140. The first-order chi connectivity index (χ1) is 14.5. The third-order valence-electron chi connectivity index (χ3n) is 5.13. The van der Waals surface area contributed by atoms with Crippen LogP contribution in [-0.4, -0.2) is 59.5 Å². The molecule has 1 saturated heterocycles. The number of ether oxygens (including phenoxy) is 2. The highest BCUT2D eigenvalue weighted by atomic mass is 35.5. The van der Waals surface area contributed by atoms with Gasteiger partial charge in [0.15, 0.2) is 0 Å². The van der Waals surface area contributed by atoms with Gasteiger partial charge in [-0.15, -0.1) is 12.4 Å². The number of anilines is 1. The second-order valence-corrected chi connectivity index (χ2v) is 7.44. The summed E-state index contributed by atoms with van der Waals surface area (Å²) < 4.78 is 10.6. The highest BCUT2D eigenvalue weighted by Crippen LogP contribution is 2.38. The third kappa shape index (κ3) is 4.69. The molecule has 1 aromatic carbocycles. The molecule has 0 amide bonds. The predicted octanol–water partition coefficient (Wildman–Crippen LogP) is 2.21. The van der Waals surface area contributed by atoms with Crippen molar-refractivity contribution < 1.29 is 14.6 Å². The zero-order chi connectivity index (χ0) is 21.3. The summed E-state index contributed by atoms with van der Waals surface area (Å²) in [6.07, 6.45) is 2.41. The minimum absolute atomic E-state index is 0. The molecule has 4 rings (SSSR count). The van der Waals surface area contributed by atoms with E-state index in [2.05, 4.69) is 25.6 Å². The second-order valence-electron chi connectivity index (χ2n) is 7.07. The molecule has 1 fully saturated rings. The summed E-state index contributed by atoms with van der Waals surface area (Å²) in [5.74, 6) is 1.35. The van der Waals surface area contributed by atoms with Crippen LogP contribution in [0.25, 0.3) is 22.2 Å². The average molecular weight is 468 g/mol. The van der Waals surface area contributed by atoms with Gasteiger partial charge in [-0.2, -0.15) is 4.98 Å². The molecule has 1 aliphatic rings. The third-order valence-corrected chi connectivity index (χ3v) is 5.52. The summed E-state index contributed by atoms with van der Waals surface area (Å²) in [6, 6.07) is 5.20. The minimum Gasteiger partial charge on any atom is -0.497 e. The number of aromatic nitrogens is 3. The van der Waals surface area contributed by atoms with Gasteiger partial charge in [0.25, 0.3) is 5.56 Å². The molecule has 3 heterocycles. The first-order valence-corrected chi connectivity index (χ1v) is 9.83. The lowest BCUT2D eigenvalue weighted by Crippen LogP contribution is -2.25. The number of H-pyrrole nitrogens is 1. The van der Waals surface area contributed by atoms with Crippen molar-refractivity contribution in [3.63, 3.8) is 0 Å². The Kier molecular flexibility index (Phi) is 7.22. The van der Waals surface area contributed by atoms with E-state index in [4.69, 9.17) is 21.1 Å². The van der Waals surface area contributed by atoms with Crippen molar-refractivity contribution in [3.8, 4) is 22.6 Å². The molecule has 1 aliphatic heterocycles. The predicted molar refractivity (Wildman–Crippen MR) is 122 cm³/mol. The second kappa shape index (κ2) is 9.69. The van der Waals surface area contributed by atoms with Crippen LogP contribution in [0.15, 0.2) is 29.2 Å². The number of benzene rings is 1. The molecule has 0 aliphatic carbocycles. The molecule has 0 unspecified atom stereocenters. The average Bonchev–Trinajstić information content (AvgIpc) is 3.21. The van der Waals surface area contributed by atoms with Crippen molar-refractivity contribution in [3.05, 3.63) is 39.8 Å². The van der Waals surface area contributed by atoms with Crippen molar-refractivity contribution in [1.82, 2.24) is 20.3 Å². The maximum Gasteiger partial charge on any atom is 0.257 e. The first-order valence-electron chi connectivity index (χ1n) is 9.45. The van der Waals surface area contributed by atoms with Gasteiger partial charge >= 0.3 is 0 Å². The normalized spacial score (nSPS) is 17.9. The molecule has 2 atom stereocenters. The van der Waals surface area contributed by atoms with Crippen LogP contribution in [0.4, 0.5) is 5.95 Å². The Morgan fingerprint density at radius 1 is 1.26 bits per heavy atom. The van der Waals surface area contributed by atoms with Gasteiger partial charge in [0.05, 0.1) is 25.8 Å². The Balaban J connectivity index is 0.00000272. The largest absolute Gasteiger partial charge is 0.497 e. The number of aliphatic hydroxyl groups excluding tert-OH is 1. The quantitative estimate of drug-likeness (QED) is 0.435. The zero-order valence-corrected chi connectivity index (χ0v) is 18.5. The van der Waals surface area contributed by atoms with Crippen LogP contribution in [0.1, 0.15) is 6.42 Å². The molecule has 31 heavy (non-hydrogen) atoms. The maximum atomic E-state index is 12.8. The number of fused-ring (bicyclic) bond motifs is 1.